The molecule has 0 radical (unpaired) electrons. The molecule has 1 fully saturated rings. The van der Waals surface area contributed by atoms with Crippen molar-refractivity contribution >= 4 is 5.97 Å². The van der Waals surface area contributed by atoms with Crippen LogP contribution in [-0.2, 0) is 0 Å². The Morgan fingerprint density at radius 1 is 0.844 bits per heavy atom. The molecule has 0 amide bonds. The third kappa shape index (κ3) is 7.61. The van der Waals surface area contributed by atoms with E-state index in [1.807, 2.05) is 0 Å². The Morgan fingerprint density at radius 3 is 2.09 bits per heavy atom. The van der Waals surface area contributed by atoms with E-state index in [-0.39, 0.29) is 5.75 Å². The van der Waals surface area contributed by atoms with Crippen molar-refractivity contribution in [2.75, 3.05) is 6.61 Å². The molecule has 0 bridgehead atoms. The van der Waals surface area contributed by atoms with Gasteiger partial charge in [0.25, 0.3) is 0 Å². The molecule has 0 unspecified atom stereocenters. The van der Waals surface area contributed by atoms with E-state index in [9.17, 15) is 13.6 Å². The van der Waals surface area contributed by atoms with Crippen LogP contribution in [0.4, 0.5) is 8.78 Å². The summed E-state index contributed by atoms with van der Waals surface area (Å²) in [5.41, 5.74) is 0.317. The van der Waals surface area contributed by atoms with Gasteiger partial charge in [-0.15, -0.1) is 0 Å². The Bertz CT molecular complexity index is 842. The van der Waals surface area contributed by atoms with Crippen LogP contribution in [0.25, 0.3) is 0 Å². The molecule has 0 aromatic heterocycles. The standard InChI is InChI=1S/C27H34F2O3/c1-2-3-4-6-20-8-10-21(11-9-20)7-5-18-31-23-14-12-22(13-15-23)27(30)32-24-16-17-25(28)26(29)19-24/h12-17,19-21H,2-11,18H2,1H3. The van der Waals surface area contributed by atoms with Gasteiger partial charge in [-0.05, 0) is 61.1 Å². The first-order valence-corrected chi connectivity index (χ1v) is 11.9. The van der Waals surface area contributed by atoms with Crippen molar-refractivity contribution in [1.82, 2.24) is 0 Å². The minimum absolute atomic E-state index is 0.0378. The van der Waals surface area contributed by atoms with E-state index in [4.69, 9.17) is 9.47 Å². The van der Waals surface area contributed by atoms with Crippen LogP contribution in [0.2, 0.25) is 0 Å². The fourth-order valence-electron chi connectivity index (χ4n) is 4.45. The average molecular weight is 445 g/mol. The van der Waals surface area contributed by atoms with Crippen molar-refractivity contribution in [2.45, 2.75) is 71.1 Å². The summed E-state index contributed by atoms with van der Waals surface area (Å²) in [6, 6.07) is 9.66. The van der Waals surface area contributed by atoms with Gasteiger partial charge < -0.3 is 9.47 Å². The first kappa shape index (κ1) is 24.2. The van der Waals surface area contributed by atoms with Gasteiger partial charge in [0.1, 0.15) is 11.5 Å². The lowest BCUT2D eigenvalue weighted by Crippen LogP contribution is -2.15. The van der Waals surface area contributed by atoms with Crippen LogP contribution in [0.1, 0.15) is 81.5 Å². The highest BCUT2D eigenvalue weighted by Gasteiger charge is 2.20. The monoisotopic (exact) mass is 444 g/mol. The second kappa shape index (κ2) is 12.6. The van der Waals surface area contributed by atoms with Gasteiger partial charge in [-0.2, -0.15) is 0 Å². The Hall–Kier alpha value is -2.43. The van der Waals surface area contributed by atoms with Gasteiger partial charge in [0.2, 0.25) is 0 Å². The van der Waals surface area contributed by atoms with Crippen molar-refractivity contribution in [3.63, 3.8) is 0 Å². The highest BCUT2D eigenvalue weighted by molar-refractivity contribution is 5.91. The van der Waals surface area contributed by atoms with E-state index < -0.39 is 17.6 Å². The topological polar surface area (TPSA) is 35.5 Å². The molecule has 0 N–H and O–H groups in total. The molecule has 1 aliphatic rings. The maximum Gasteiger partial charge on any atom is 0.343 e. The van der Waals surface area contributed by atoms with Gasteiger partial charge in [0.05, 0.1) is 12.2 Å². The molecule has 1 saturated carbocycles. The van der Waals surface area contributed by atoms with Gasteiger partial charge in [-0.25, -0.2) is 13.6 Å². The molecule has 3 nitrogen and oxygen atoms in total. The van der Waals surface area contributed by atoms with Crippen LogP contribution in [-0.4, -0.2) is 12.6 Å². The van der Waals surface area contributed by atoms with Crippen molar-refractivity contribution in [3.05, 3.63) is 59.7 Å². The molecule has 3 rings (SSSR count). The summed E-state index contributed by atoms with van der Waals surface area (Å²) in [7, 11) is 0. The zero-order valence-corrected chi connectivity index (χ0v) is 19.0. The molecule has 0 heterocycles. The van der Waals surface area contributed by atoms with Gasteiger partial charge >= 0.3 is 5.97 Å². The predicted octanol–water partition coefficient (Wildman–Crippen LogP) is 7.73. The Labute approximate surface area is 190 Å². The quantitative estimate of drug-likeness (QED) is 0.202. The van der Waals surface area contributed by atoms with Crippen molar-refractivity contribution in [1.29, 1.82) is 0 Å². The van der Waals surface area contributed by atoms with Crippen LogP contribution in [0.15, 0.2) is 42.5 Å². The molecular formula is C27H34F2O3. The van der Waals surface area contributed by atoms with Crippen LogP contribution in [0, 0.1) is 23.5 Å². The molecule has 2 aromatic carbocycles. The molecule has 0 aliphatic heterocycles. The molecule has 2 aromatic rings. The van der Waals surface area contributed by atoms with Crippen molar-refractivity contribution in [2.24, 2.45) is 11.8 Å². The fourth-order valence-corrected chi connectivity index (χ4v) is 4.45. The lowest BCUT2D eigenvalue weighted by Gasteiger charge is -2.28. The van der Waals surface area contributed by atoms with E-state index in [0.717, 1.165) is 30.4 Å². The smallest absolute Gasteiger partial charge is 0.343 e. The summed E-state index contributed by atoms with van der Waals surface area (Å²) in [5.74, 6) is -0.234. The molecule has 5 heteroatoms. The average Bonchev–Trinajstić information content (AvgIpc) is 2.81. The molecular weight excluding hydrogens is 410 g/mol. The number of hydrogen-bond donors (Lipinski definition) is 0. The predicted molar refractivity (Wildman–Crippen MR) is 122 cm³/mol. The summed E-state index contributed by atoms with van der Waals surface area (Å²) >= 11 is 0. The second-order valence-electron chi connectivity index (χ2n) is 8.86. The number of ether oxygens (including phenoxy) is 2. The number of hydrogen-bond acceptors (Lipinski definition) is 3. The zero-order chi connectivity index (χ0) is 22.8. The number of carbonyl (C=O) groups is 1. The molecule has 1 aliphatic carbocycles. The number of benzene rings is 2. The second-order valence-corrected chi connectivity index (χ2v) is 8.86. The van der Waals surface area contributed by atoms with Crippen molar-refractivity contribution < 1.29 is 23.0 Å². The minimum atomic E-state index is -1.06. The number of carbonyl (C=O) groups excluding carboxylic acids is 1. The van der Waals surface area contributed by atoms with E-state index in [2.05, 4.69) is 6.92 Å². The van der Waals surface area contributed by atoms with Crippen LogP contribution < -0.4 is 9.47 Å². The maximum absolute atomic E-state index is 13.2. The highest BCUT2D eigenvalue weighted by Crippen LogP contribution is 2.34. The van der Waals surface area contributed by atoms with Crippen LogP contribution in [0.5, 0.6) is 11.5 Å². The molecule has 32 heavy (non-hydrogen) atoms. The van der Waals surface area contributed by atoms with E-state index >= 15 is 0 Å². The van der Waals surface area contributed by atoms with Gasteiger partial charge in [0.15, 0.2) is 11.6 Å². The fraction of sp³-hybridized carbons (Fsp3) is 0.519. The van der Waals surface area contributed by atoms with Crippen LogP contribution >= 0.6 is 0 Å². The van der Waals surface area contributed by atoms with Gasteiger partial charge in [-0.1, -0.05) is 58.3 Å². The third-order valence-corrected chi connectivity index (χ3v) is 6.40. The molecule has 0 spiro atoms. The van der Waals surface area contributed by atoms with E-state index in [1.54, 1.807) is 24.3 Å². The van der Waals surface area contributed by atoms with Gasteiger partial charge in [-0.3, -0.25) is 0 Å². The summed E-state index contributed by atoms with van der Waals surface area (Å²) in [4.78, 5) is 12.2. The molecule has 174 valence electrons. The summed E-state index contributed by atoms with van der Waals surface area (Å²) in [6.07, 6.45) is 13.2. The Morgan fingerprint density at radius 2 is 1.47 bits per heavy atom. The Kier molecular flexibility index (Phi) is 9.51. The Balaban J connectivity index is 1.33. The van der Waals surface area contributed by atoms with Gasteiger partial charge in [0, 0.05) is 6.07 Å². The minimum Gasteiger partial charge on any atom is -0.494 e. The summed E-state index contributed by atoms with van der Waals surface area (Å²) in [5, 5.41) is 0. The zero-order valence-electron chi connectivity index (χ0n) is 19.0. The molecule has 0 atom stereocenters. The third-order valence-electron chi connectivity index (χ3n) is 6.40. The first-order valence-electron chi connectivity index (χ1n) is 11.9. The first-order chi connectivity index (χ1) is 15.5. The largest absolute Gasteiger partial charge is 0.494 e. The van der Waals surface area contributed by atoms with Crippen molar-refractivity contribution in [3.8, 4) is 11.5 Å². The number of unbranched alkanes of at least 4 members (excludes halogenated alkanes) is 2. The van der Waals surface area contributed by atoms with E-state index in [0.29, 0.717) is 17.9 Å². The number of halogens is 2. The summed E-state index contributed by atoms with van der Waals surface area (Å²) in [6.45, 7) is 2.93. The lowest BCUT2D eigenvalue weighted by atomic mass is 9.78. The SMILES string of the molecule is CCCCCC1CCC(CCCOc2ccc(C(=O)Oc3ccc(F)c(F)c3)cc2)CC1. The molecule has 0 saturated heterocycles. The lowest BCUT2D eigenvalue weighted by molar-refractivity contribution is 0.0734. The normalized spacial score (nSPS) is 18.3. The number of esters is 1. The maximum atomic E-state index is 13.2. The summed E-state index contributed by atoms with van der Waals surface area (Å²) < 4.78 is 37.1. The van der Waals surface area contributed by atoms with Crippen LogP contribution in [0.3, 0.4) is 0 Å². The number of rotatable bonds is 11. The highest BCUT2D eigenvalue weighted by atomic mass is 19.2. The van der Waals surface area contributed by atoms with E-state index in [1.165, 1.54) is 63.9 Å².